The maximum absolute atomic E-state index is 12.0. The van der Waals surface area contributed by atoms with Crippen LogP contribution in [0.5, 0.6) is 5.75 Å². The number of aliphatic carboxylic acids is 1. The number of ether oxygens (including phenoxy) is 1. The van der Waals surface area contributed by atoms with E-state index in [1.165, 1.54) is 7.11 Å². The monoisotopic (exact) mass is 280 g/mol. The zero-order chi connectivity index (χ0) is 15.1. The van der Waals surface area contributed by atoms with Crippen LogP contribution >= 0.6 is 0 Å². The molecule has 0 spiro atoms. The lowest BCUT2D eigenvalue weighted by Gasteiger charge is -2.13. The lowest BCUT2D eigenvalue weighted by molar-refractivity contribution is -0.141. The molecule has 1 aromatic carbocycles. The first-order valence-electron chi connectivity index (χ1n) is 6.44. The summed E-state index contributed by atoms with van der Waals surface area (Å²) >= 11 is 0. The van der Waals surface area contributed by atoms with Crippen molar-refractivity contribution in [3.8, 4) is 5.75 Å². The van der Waals surface area contributed by atoms with Gasteiger partial charge in [-0.15, -0.1) is 0 Å². The average Bonchev–Trinajstić information content (AvgIpc) is 2.42. The molecule has 1 atom stereocenters. The van der Waals surface area contributed by atoms with E-state index in [9.17, 15) is 9.59 Å². The normalized spacial score (nSPS) is 11.7. The Balaban J connectivity index is 2.69. The van der Waals surface area contributed by atoms with Crippen molar-refractivity contribution in [2.24, 2.45) is 5.92 Å². The predicted octanol–water partition coefficient (Wildman–Crippen LogP) is 1.51. The number of benzene rings is 1. The van der Waals surface area contributed by atoms with Crippen LogP contribution in [-0.2, 0) is 4.79 Å². The maximum atomic E-state index is 12.0. The number of nitrogens with two attached hydrogens (primary N) is 1. The van der Waals surface area contributed by atoms with Gasteiger partial charge in [-0.3, -0.25) is 9.59 Å². The molecule has 4 N–H and O–H groups in total. The van der Waals surface area contributed by atoms with Crippen LogP contribution in [-0.4, -0.2) is 30.6 Å². The zero-order valence-electron chi connectivity index (χ0n) is 11.7. The lowest BCUT2D eigenvalue weighted by atomic mass is 10.0. The van der Waals surface area contributed by atoms with Crippen LogP contribution in [0.3, 0.4) is 0 Å². The SMILES string of the molecule is CCCC(CNC(=O)c1ccc(OC)cc1N)C(=O)O. The number of anilines is 1. The van der Waals surface area contributed by atoms with E-state index in [1.54, 1.807) is 18.2 Å². The lowest BCUT2D eigenvalue weighted by Crippen LogP contribution is -2.33. The van der Waals surface area contributed by atoms with E-state index in [2.05, 4.69) is 5.32 Å². The van der Waals surface area contributed by atoms with Crippen LogP contribution in [0.4, 0.5) is 5.69 Å². The number of carbonyl (C=O) groups excluding carboxylic acids is 1. The van der Waals surface area contributed by atoms with Gasteiger partial charge in [-0.2, -0.15) is 0 Å². The van der Waals surface area contributed by atoms with Gasteiger partial charge in [0.15, 0.2) is 0 Å². The summed E-state index contributed by atoms with van der Waals surface area (Å²) in [6.07, 6.45) is 1.27. The fourth-order valence-corrected chi connectivity index (χ4v) is 1.85. The molecule has 6 nitrogen and oxygen atoms in total. The fourth-order valence-electron chi connectivity index (χ4n) is 1.85. The van der Waals surface area contributed by atoms with Crippen LogP contribution in [0, 0.1) is 5.92 Å². The van der Waals surface area contributed by atoms with E-state index in [0.29, 0.717) is 23.4 Å². The number of amides is 1. The summed E-state index contributed by atoms with van der Waals surface area (Å²) in [5, 5.41) is 11.6. The molecule has 110 valence electrons. The number of hydrogen-bond acceptors (Lipinski definition) is 4. The molecule has 6 heteroatoms. The highest BCUT2D eigenvalue weighted by molar-refractivity contribution is 5.99. The van der Waals surface area contributed by atoms with Crippen molar-refractivity contribution in [1.29, 1.82) is 0 Å². The minimum absolute atomic E-state index is 0.0907. The summed E-state index contributed by atoms with van der Waals surface area (Å²) in [5.74, 6) is -1.31. The molecule has 0 saturated carbocycles. The topological polar surface area (TPSA) is 102 Å². The van der Waals surface area contributed by atoms with E-state index in [0.717, 1.165) is 6.42 Å². The summed E-state index contributed by atoms with van der Waals surface area (Å²) in [6, 6.07) is 4.74. The van der Waals surface area contributed by atoms with Crippen LogP contribution in [0.1, 0.15) is 30.1 Å². The van der Waals surface area contributed by atoms with Crippen molar-refractivity contribution < 1.29 is 19.4 Å². The molecule has 20 heavy (non-hydrogen) atoms. The van der Waals surface area contributed by atoms with Gasteiger partial charge in [0.2, 0.25) is 0 Å². The molecule has 1 amide bonds. The Bertz CT molecular complexity index is 488. The molecule has 0 aliphatic rings. The number of carboxylic acid groups (broad SMARTS) is 1. The van der Waals surface area contributed by atoms with Gasteiger partial charge in [-0.05, 0) is 18.6 Å². The van der Waals surface area contributed by atoms with Crippen LogP contribution < -0.4 is 15.8 Å². The highest BCUT2D eigenvalue weighted by atomic mass is 16.5. The maximum Gasteiger partial charge on any atom is 0.308 e. The van der Waals surface area contributed by atoms with Gasteiger partial charge in [0.05, 0.1) is 18.6 Å². The van der Waals surface area contributed by atoms with Gasteiger partial charge in [0.1, 0.15) is 5.75 Å². The number of carboxylic acids is 1. The molecule has 0 bridgehead atoms. The summed E-state index contributed by atoms with van der Waals surface area (Å²) < 4.78 is 5.00. The van der Waals surface area contributed by atoms with E-state index in [4.69, 9.17) is 15.6 Å². The molecule has 1 unspecified atom stereocenters. The van der Waals surface area contributed by atoms with Crippen LogP contribution in [0.2, 0.25) is 0 Å². The first-order valence-corrected chi connectivity index (χ1v) is 6.44. The zero-order valence-corrected chi connectivity index (χ0v) is 11.7. The molecule has 0 radical (unpaired) electrons. The number of nitrogens with one attached hydrogen (secondary N) is 1. The third-order valence-electron chi connectivity index (χ3n) is 3.00. The summed E-state index contributed by atoms with van der Waals surface area (Å²) in [5.41, 5.74) is 6.37. The van der Waals surface area contributed by atoms with Gasteiger partial charge in [-0.1, -0.05) is 13.3 Å². The second-order valence-electron chi connectivity index (χ2n) is 4.49. The molecule has 0 fully saturated rings. The minimum Gasteiger partial charge on any atom is -0.497 e. The standard InChI is InChI=1S/C14H20N2O4/c1-3-4-9(14(18)19)8-16-13(17)11-6-5-10(20-2)7-12(11)15/h5-7,9H,3-4,8,15H2,1-2H3,(H,16,17)(H,18,19). The largest absolute Gasteiger partial charge is 0.497 e. The summed E-state index contributed by atoms with van der Waals surface area (Å²) in [6.45, 7) is 1.99. The Labute approximate surface area is 117 Å². The second-order valence-corrected chi connectivity index (χ2v) is 4.49. The van der Waals surface area contributed by atoms with Crippen LogP contribution in [0.25, 0.3) is 0 Å². The molecule has 0 saturated heterocycles. The van der Waals surface area contributed by atoms with Crippen molar-refractivity contribution >= 4 is 17.6 Å². The number of nitrogen functional groups attached to an aromatic ring is 1. The fraction of sp³-hybridized carbons (Fsp3) is 0.429. The third kappa shape index (κ3) is 4.15. The van der Waals surface area contributed by atoms with Crippen molar-refractivity contribution in [2.45, 2.75) is 19.8 Å². The van der Waals surface area contributed by atoms with Gasteiger partial charge in [0.25, 0.3) is 5.91 Å². The molecule has 0 heterocycles. The smallest absolute Gasteiger partial charge is 0.308 e. The van der Waals surface area contributed by atoms with Crippen molar-refractivity contribution in [1.82, 2.24) is 5.32 Å². The molecule has 0 aliphatic carbocycles. The second kappa shape index (κ2) is 7.37. The highest BCUT2D eigenvalue weighted by Crippen LogP contribution is 2.19. The third-order valence-corrected chi connectivity index (χ3v) is 3.00. The number of carbonyl (C=O) groups is 2. The molecule has 1 aromatic rings. The van der Waals surface area contributed by atoms with E-state index < -0.39 is 11.9 Å². The number of hydrogen-bond donors (Lipinski definition) is 3. The molecule has 0 aromatic heterocycles. The van der Waals surface area contributed by atoms with E-state index in [-0.39, 0.29) is 12.5 Å². The Morgan fingerprint density at radius 1 is 1.45 bits per heavy atom. The number of rotatable bonds is 7. The Kier molecular flexibility index (Phi) is 5.83. The summed E-state index contributed by atoms with van der Waals surface area (Å²) in [7, 11) is 1.51. The Morgan fingerprint density at radius 2 is 2.15 bits per heavy atom. The Hall–Kier alpha value is -2.24. The van der Waals surface area contributed by atoms with E-state index >= 15 is 0 Å². The average molecular weight is 280 g/mol. The van der Waals surface area contributed by atoms with E-state index in [1.807, 2.05) is 6.92 Å². The first-order chi connectivity index (χ1) is 9.49. The van der Waals surface area contributed by atoms with Gasteiger partial charge >= 0.3 is 5.97 Å². The van der Waals surface area contributed by atoms with Gasteiger partial charge < -0.3 is 20.9 Å². The summed E-state index contributed by atoms with van der Waals surface area (Å²) in [4.78, 5) is 23.0. The minimum atomic E-state index is -0.908. The van der Waals surface area contributed by atoms with Crippen molar-refractivity contribution in [3.05, 3.63) is 23.8 Å². The van der Waals surface area contributed by atoms with Crippen molar-refractivity contribution in [3.63, 3.8) is 0 Å². The molecule has 1 rings (SSSR count). The molecule has 0 aliphatic heterocycles. The van der Waals surface area contributed by atoms with Gasteiger partial charge in [0, 0.05) is 18.3 Å². The van der Waals surface area contributed by atoms with Crippen LogP contribution in [0.15, 0.2) is 18.2 Å². The predicted molar refractivity (Wildman–Crippen MR) is 75.8 cm³/mol. The highest BCUT2D eigenvalue weighted by Gasteiger charge is 2.18. The molecular weight excluding hydrogens is 260 g/mol. The Morgan fingerprint density at radius 3 is 2.65 bits per heavy atom. The van der Waals surface area contributed by atoms with Gasteiger partial charge in [-0.25, -0.2) is 0 Å². The van der Waals surface area contributed by atoms with Crippen molar-refractivity contribution in [2.75, 3.05) is 19.4 Å². The quantitative estimate of drug-likeness (QED) is 0.657. The molecular formula is C14H20N2O4. The first kappa shape index (κ1) is 15.8. The number of methoxy groups -OCH3 is 1.